The van der Waals surface area contributed by atoms with Gasteiger partial charge in [-0.2, -0.15) is 17.6 Å². The predicted octanol–water partition coefficient (Wildman–Crippen LogP) is 3.58. The number of hydrogen-bond donors (Lipinski definition) is 1. The fourth-order valence-electron chi connectivity index (χ4n) is 6.03. The number of nitrogens with zero attached hydrogens (tertiary/aromatic N) is 3. The molecule has 15 heteroatoms. The van der Waals surface area contributed by atoms with Gasteiger partial charge in [0.2, 0.25) is 11.6 Å². The number of aromatic nitrogens is 2. The standard InChI is InChI=1S/C28H31F5N4O6/c1-14-20(18-4-5-19(29)21(30)22(18)42-7-6-37-10-15-12-41-13-16(15)11-37)23(43-27(14,2)28(31,32)33)25(38)36-17-8-34-24(35-9-17)26(39)40-3/h4-5,8-9,14-16,20,23H,6-7,10-13H2,1-3H3,(H,36,38)/t14-,15-,16+,20-,23+,27+/m0/s1. The molecule has 234 valence electrons. The Hall–Kier alpha value is -3.43. The molecule has 2 aromatic rings. The van der Waals surface area contributed by atoms with Crippen molar-refractivity contribution < 1.29 is 50.5 Å². The van der Waals surface area contributed by atoms with E-state index in [1.54, 1.807) is 0 Å². The van der Waals surface area contributed by atoms with Crippen LogP contribution in [-0.2, 0) is 19.0 Å². The molecule has 0 unspecified atom stereocenters. The van der Waals surface area contributed by atoms with E-state index in [0.29, 0.717) is 31.6 Å². The first-order chi connectivity index (χ1) is 20.3. The summed E-state index contributed by atoms with van der Waals surface area (Å²) in [6, 6.07) is 1.90. The van der Waals surface area contributed by atoms with Crippen LogP contribution in [0.2, 0.25) is 0 Å². The molecular formula is C28H31F5N4O6. The minimum absolute atomic E-state index is 0.0455. The molecule has 6 atom stereocenters. The number of carbonyl (C=O) groups is 2. The summed E-state index contributed by atoms with van der Waals surface area (Å²) in [7, 11) is 1.13. The Balaban J connectivity index is 1.41. The molecule has 0 saturated carbocycles. The first kappa shape index (κ1) is 31.0. The Morgan fingerprint density at radius 3 is 2.40 bits per heavy atom. The molecule has 1 aromatic carbocycles. The smallest absolute Gasteiger partial charge is 0.417 e. The Morgan fingerprint density at radius 1 is 1.14 bits per heavy atom. The molecule has 10 nitrogen and oxygen atoms in total. The second-order valence-electron chi connectivity index (χ2n) is 11.2. The molecule has 0 bridgehead atoms. The van der Waals surface area contributed by atoms with E-state index >= 15 is 4.39 Å². The van der Waals surface area contributed by atoms with Crippen molar-refractivity contribution in [3.8, 4) is 5.75 Å². The van der Waals surface area contributed by atoms with Crippen molar-refractivity contribution in [1.82, 2.24) is 14.9 Å². The van der Waals surface area contributed by atoms with Crippen LogP contribution in [-0.4, -0.2) is 91.2 Å². The van der Waals surface area contributed by atoms with Gasteiger partial charge in [0.15, 0.2) is 17.2 Å². The summed E-state index contributed by atoms with van der Waals surface area (Å²) in [5, 5.41) is 2.39. The number of nitrogens with one attached hydrogen (secondary N) is 1. The molecule has 3 aliphatic rings. The minimum atomic E-state index is -4.91. The highest BCUT2D eigenvalue weighted by Gasteiger charge is 2.66. The molecule has 5 rings (SSSR count). The van der Waals surface area contributed by atoms with Crippen LogP contribution in [0.1, 0.15) is 35.9 Å². The second-order valence-corrected chi connectivity index (χ2v) is 11.2. The van der Waals surface area contributed by atoms with Crippen molar-refractivity contribution >= 4 is 17.6 Å². The van der Waals surface area contributed by atoms with Crippen LogP contribution in [0.5, 0.6) is 5.75 Å². The van der Waals surface area contributed by atoms with E-state index in [4.69, 9.17) is 14.2 Å². The highest BCUT2D eigenvalue weighted by Crippen LogP contribution is 2.55. The van der Waals surface area contributed by atoms with Crippen LogP contribution in [0.15, 0.2) is 24.5 Å². The zero-order valence-electron chi connectivity index (χ0n) is 23.6. The molecule has 3 fully saturated rings. The lowest BCUT2D eigenvalue weighted by molar-refractivity contribution is -0.272. The number of hydrogen-bond acceptors (Lipinski definition) is 9. The van der Waals surface area contributed by atoms with E-state index in [1.807, 2.05) is 0 Å². The normalized spacial score (nSPS) is 29.0. The van der Waals surface area contributed by atoms with Gasteiger partial charge in [-0.1, -0.05) is 13.0 Å². The number of esters is 1. The molecule has 0 aliphatic carbocycles. The summed E-state index contributed by atoms with van der Waals surface area (Å²) in [5.74, 6) is -7.38. The van der Waals surface area contributed by atoms with Gasteiger partial charge in [0.05, 0.1) is 38.4 Å². The Morgan fingerprint density at radius 2 is 1.79 bits per heavy atom. The van der Waals surface area contributed by atoms with Crippen molar-refractivity contribution in [3.63, 3.8) is 0 Å². The fourth-order valence-corrected chi connectivity index (χ4v) is 6.03. The molecular weight excluding hydrogens is 583 g/mol. The number of methoxy groups -OCH3 is 1. The Labute approximate surface area is 243 Å². The Bertz CT molecular complexity index is 1350. The van der Waals surface area contributed by atoms with E-state index < -0.39 is 59.0 Å². The minimum Gasteiger partial charge on any atom is -0.489 e. The van der Waals surface area contributed by atoms with Crippen LogP contribution in [0, 0.1) is 29.4 Å². The molecule has 3 saturated heterocycles. The van der Waals surface area contributed by atoms with Gasteiger partial charge in [0.1, 0.15) is 12.7 Å². The fraction of sp³-hybridized carbons (Fsp3) is 0.571. The number of benzene rings is 1. The molecule has 1 aromatic heterocycles. The van der Waals surface area contributed by atoms with Gasteiger partial charge < -0.3 is 24.3 Å². The molecule has 43 heavy (non-hydrogen) atoms. The highest BCUT2D eigenvalue weighted by atomic mass is 19.4. The van der Waals surface area contributed by atoms with E-state index in [2.05, 4.69) is 24.9 Å². The maximum absolute atomic E-state index is 15.2. The largest absolute Gasteiger partial charge is 0.489 e. The number of halogens is 5. The molecule has 1 amide bonds. The lowest BCUT2D eigenvalue weighted by atomic mass is 9.77. The van der Waals surface area contributed by atoms with Crippen LogP contribution >= 0.6 is 0 Å². The van der Waals surface area contributed by atoms with Crippen LogP contribution in [0.4, 0.5) is 27.6 Å². The van der Waals surface area contributed by atoms with Gasteiger partial charge in [-0.15, -0.1) is 0 Å². The molecule has 4 heterocycles. The molecule has 3 aliphatic heterocycles. The van der Waals surface area contributed by atoms with Gasteiger partial charge in [-0.3, -0.25) is 9.69 Å². The van der Waals surface area contributed by atoms with Crippen molar-refractivity contribution in [2.75, 3.05) is 51.9 Å². The van der Waals surface area contributed by atoms with E-state index in [-0.39, 0.29) is 23.7 Å². The van der Waals surface area contributed by atoms with Gasteiger partial charge in [-0.05, 0) is 13.0 Å². The summed E-state index contributed by atoms with van der Waals surface area (Å²) in [4.78, 5) is 34.6. The number of fused-ring (bicyclic) bond motifs is 1. The lowest BCUT2D eigenvalue weighted by Gasteiger charge is -2.32. The molecule has 0 radical (unpaired) electrons. The van der Waals surface area contributed by atoms with Crippen molar-refractivity contribution in [2.24, 2.45) is 17.8 Å². The number of likely N-dealkylation sites (tertiary alicyclic amines) is 1. The lowest BCUT2D eigenvalue weighted by Crippen LogP contribution is -2.47. The summed E-state index contributed by atoms with van der Waals surface area (Å²) in [6.07, 6.45) is -4.58. The van der Waals surface area contributed by atoms with Gasteiger partial charge >= 0.3 is 12.1 Å². The third kappa shape index (κ3) is 5.89. The number of amides is 1. The zero-order valence-corrected chi connectivity index (χ0v) is 23.6. The summed E-state index contributed by atoms with van der Waals surface area (Å²) in [5.41, 5.74) is -3.00. The van der Waals surface area contributed by atoms with E-state index in [9.17, 15) is 27.2 Å². The summed E-state index contributed by atoms with van der Waals surface area (Å²) in [6.45, 7) is 5.20. The van der Waals surface area contributed by atoms with E-state index in [0.717, 1.165) is 51.6 Å². The van der Waals surface area contributed by atoms with Gasteiger partial charge in [0, 0.05) is 48.9 Å². The van der Waals surface area contributed by atoms with Crippen LogP contribution in [0.25, 0.3) is 0 Å². The topological polar surface area (TPSA) is 112 Å². The number of anilines is 1. The zero-order chi connectivity index (χ0) is 31.1. The van der Waals surface area contributed by atoms with Crippen LogP contribution < -0.4 is 10.1 Å². The highest BCUT2D eigenvalue weighted by molar-refractivity contribution is 5.95. The summed E-state index contributed by atoms with van der Waals surface area (Å²) < 4.78 is 93.7. The van der Waals surface area contributed by atoms with Crippen molar-refractivity contribution in [1.29, 1.82) is 0 Å². The molecule has 0 spiro atoms. The van der Waals surface area contributed by atoms with Crippen LogP contribution in [0.3, 0.4) is 0 Å². The maximum Gasteiger partial charge on any atom is 0.417 e. The Kier molecular flexibility index (Phi) is 8.60. The number of carbonyl (C=O) groups excluding carboxylic acids is 2. The van der Waals surface area contributed by atoms with Crippen molar-refractivity contribution in [3.05, 3.63) is 47.5 Å². The second kappa shape index (κ2) is 11.9. The average Bonchev–Trinajstić information content (AvgIpc) is 3.64. The number of rotatable bonds is 8. The number of alkyl halides is 3. The van der Waals surface area contributed by atoms with Crippen molar-refractivity contribution in [2.45, 2.75) is 37.6 Å². The maximum atomic E-state index is 15.2. The third-order valence-electron chi connectivity index (χ3n) is 8.62. The quantitative estimate of drug-likeness (QED) is 0.352. The predicted molar refractivity (Wildman–Crippen MR) is 139 cm³/mol. The first-order valence-electron chi connectivity index (χ1n) is 13.7. The third-order valence-corrected chi connectivity index (χ3v) is 8.62. The average molecular weight is 615 g/mol. The summed E-state index contributed by atoms with van der Waals surface area (Å²) >= 11 is 0. The SMILES string of the molecule is COC(=O)c1ncc(NC(=O)[C@@H]2O[C@@](C)(C(F)(F)F)[C@@H](C)[C@H]2c2ccc(F)c(F)c2OCCN2C[C@H]3COC[C@H]3C2)cn1. The monoisotopic (exact) mass is 614 g/mol. The number of ether oxygens (including phenoxy) is 4. The molecule has 1 N–H and O–H groups in total. The van der Waals surface area contributed by atoms with Gasteiger partial charge in [-0.25, -0.2) is 19.2 Å². The van der Waals surface area contributed by atoms with Gasteiger partial charge in [0.25, 0.3) is 5.91 Å². The first-order valence-corrected chi connectivity index (χ1v) is 13.7. The van der Waals surface area contributed by atoms with E-state index in [1.165, 1.54) is 6.92 Å².